The number of aromatic nitrogens is 2. The summed E-state index contributed by atoms with van der Waals surface area (Å²) < 4.78 is 5.35. The average Bonchev–Trinajstić information content (AvgIpc) is 3.22. The van der Waals surface area contributed by atoms with Crippen molar-refractivity contribution in [2.45, 2.75) is 52.0 Å². The number of rotatable bonds is 7. The summed E-state index contributed by atoms with van der Waals surface area (Å²) in [5.41, 5.74) is 1.87. The Kier molecular flexibility index (Phi) is 5.13. The van der Waals surface area contributed by atoms with Crippen LogP contribution in [-0.4, -0.2) is 22.6 Å². The number of nitrogens with zero attached hydrogens (tertiary/aromatic N) is 3. The third kappa shape index (κ3) is 3.75. The van der Waals surface area contributed by atoms with Crippen LogP contribution in [0.1, 0.15) is 57.3 Å². The maximum Gasteiger partial charge on any atom is 0.248 e. The van der Waals surface area contributed by atoms with Gasteiger partial charge in [0.25, 0.3) is 0 Å². The number of anilines is 2. The van der Waals surface area contributed by atoms with Gasteiger partial charge in [0, 0.05) is 30.8 Å². The first-order chi connectivity index (χ1) is 11.7. The van der Waals surface area contributed by atoms with Gasteiger partial charge in [-0.05, 0) is 38.0 Å². The smallest absolute Gasteiger partial charge is 0.248 e. The van der Waals surface area contributed by atoms with Crippen molar-refractivity contribution >= 4 is 17.3 Å². The first-order valence-electron chi connectivity index (χ1n) is 8.67. The Morgan fingerprint density at radius 3 is 3.04 bits per heavy atom. The lowest BCUT2D eigenvalue weighted by Crippen LogP contribution is -2.23. The summed E-state index contributed by atoms with van der Waals surface area (Å²) in [4.78, 5) is 18.2. The number of carbonyl (C=O) groups excluding carboxylic acids is 1. The number of aryl methyl sites for hydroxylation is 1. The molecule has 1 fully saturated rings. The minimum absolute atomic E-state index is 0.0857. The van der Waals surface area contributed by atoms with Gasteiger partial charge in [-0.25, -0.2) is 0 Å². The molecule has 0 spiro atoms. The molecule has 1 atom stereocenters. The van der Waals surface area contributed by atoms with Crippen molar-refractivity contribution in [3.63, 3.8) is 0 Å². The quantitative estimate of drug-likeness (QED) is 0.839. The molecule has 24 heavy (non-hydrogen) atoms. The zero-order chi connectivity index (χ0) is 16.9. The highest BCUT2D eigenvalue weighted by molar-refractivity contribution is 5.95. The van der Waals surface area contributed by atoms with Crippen LogP contribution in [0.25, 0.3) is 0 Å². The van der Waals surface area contributed by atoms with E-state index >= 15 is 0 Å². The van der Waals surface area contributed by atoms with Gasteiger partial charge in [0.1, 0.15) is 6.04 Å². The van der Waals surface area contributed by atoms with Crippen molar-refractivity contribution in [2.75, 3.05) is 16.8 Å². The molecule has 1 saturated heterocycles. The fourth-order valence-corrected chi connectivity index (χ4v) is 2.88. The van der Waals surface area contributed by atoms with Crippen LogP contribution in [0.2, 0.25) is 0 Å². The Bertz CT molecular complexity index is 698. The Morgan fingerprint density at radius 1 is 1.42 bits per heavy atom. The van der Waals surface area contributed by atoms with Gasteiger partial charge >= 0.3 is 0 Å². The molecule has 1 aliphatic heterocycles. The van der Waals surface area contributed by atoms with Gasteiger partial charge in [-0.15, -0.1) is 0 Å². The molecule has 0 aliphatic carbocycles. The molecule has 2 heterocycles. The molecular formula is C18H24N4O2. The standard InChI is InChI=1S/C18H24N4O2/c1-3-4-9-16-20-18(24-21-16)13(2)19-14-7-5-8-15(12-14)22-11-6-10-17(22)23/h5,7-8,12-13,19H,3-4,6,9-11H2,1-2H3/t13-/m0/s1. The lowest BCUT2D eigenvalue weighted by Gasteiger charge is -2.18. The third-order valence-corrected chi connectivity index (χ3v) is 4.22. The molecule has 0 radical (unpaired) electrons. The summed E-state index contributed by atoms with van der Waals surface area (Å²) in [7, 11) is 0. The molecule has 1 aliphatic rings. The third-order valence-electron chi connectivity index (χ3n) is 4.22. The van der Waals surface area contributed by atoms with E-state index < -0.39 is 0 Å². The Hall–Kier alpha value is -2.37. The molecule has 6 heteroatoms. The molecule has 0 bridgehead atoms. The zero-order valence-corrected chi connectivity index (χ0v) is 14.3. The number of unbranched alkanes of at least 4 members (excludes halogenated alkanes) is 1. The maximum atomic E-state index is 11.9. The van der Waals surface area contributed by atoms with Gasteiger partial charge in [-0.3, -0.25) is 4.79 Å². The van der Waals surface area contributed by atoms with E-state index in [9.17, 15) is 4.79 Å². The van der Waals surface area contributed by atoms with Gasteiger partial charge in [0.05, 0.1) is 0 Å². The summed E-state index contributed by atoms with van der Waals surface area (Å²) in [5, 5.41) is 7.40. The largest absolute Gasteiger partial charge is 0.374 e. The first-order valence-corrected chi connectivity index (χ1v) is 8.67. The number of carbonyl (C=O) groups is 1. The number of amides is 1. The molecule has 3 rings (SSSR count). The van der Waals surface area contributed by atoms with Crippen molar-refractivity contribution in [3.8, 4) is 0 Å². The van der Waals surface area contributed by atoms with E-state index in [1.165, 1.54) is 0 Å². The second kappa shape index (κ2) is 7.47. The maximum absolute atomic E-state index is 11.9. The number of hydrogen-bond acceptors (Lipinski definition) is 5. The predicted octanol–water partition coefficient (Wildman–Crippen LogP) is 3.71. The molecule has 2 aromatic rings. The topological polar surface area (TPSA) is 71.3 Å². The van der Waals surface area contributed by atoms with E-state index in [0.717, 1.165) is 49.4 Å². The van der Waals surface area contributed by atoms with E-state index in [2.05, 4.69) is 22.4 Å². The number of nitrogens with one attached hydrogen (secondary N) is 1. The Balaban J connectivity index is 1.67. The van der Waals surface area contributed by atoms with Crippen LogP contribution in [0.5, 0.6) is 0 Å². The van der Waals surface area contributed by atoms with Gasteiger partial charge < -0.3 is 14.7 Å². The normalized spacial score (nSPS) is 15.8. The summed E-state index contributed by atoms with van der Waals surface area (Å²) in [6, 6.07) is 7.81. The molecule has 0 unspecified atom stereocenters. The van der Waals surface area contributed by atoms with Gasteiger partial charge in [0.2, 0.25) is 11.8 Å². The fraction of sp³-hybridized carbons (Fsp3) is 0.500. The van der Waals surface area contributed by atoms with Crippen molar-refractivity contribution in [2.24, 2.45) is 0 Å². The average molecular weight is 328 g/mol. The SMILES string of the molecule is CCCCc1noc([C@H](C)Nc2cccc(N3CCCC3=O)c2)n1. The molecule has 6 nitrogen and oxygen atoms in total. The predicted molar refractivity (Wildman–Crippen MR) is 93.0 cm³/mol. The van der Waals surface area contributed by atoms with Crippen molar-refractivity contribution in [3.05, 3.63) is 36.0 Å². The zero-order valence-electron chi connectivity index (χ0n) is 14.3. The Morgan fingerprint density at radius 2 is 2.29 bits per heavy atom. The summed E-state index contributed by atoms with van der Waals surface area (Å²) in [6.07, 6.45) is 4.58. The van der Waals surface area contributed by atoms with E-state index in [1.807, 2.05) is 36.1 Å². The van der Waals surface area contributed by atoms with E-state index in [0.29, 0.717) is 12.3 Å². The number of benzene rings is 1. The molecule has 1 amide bonds. The molecule has 1 aromatic heterocycles. The highest BCUT2D eigenvalue weighted by Gasteiger charge is 2.22. The van der Waals surface area contributed by atoms with Crippen LogP contribution in [-0.2, 0) is 11.2 Å². The minimum Gasteiger partial charge on any atom is -0.374 e. The summed E-state index contributed by atoms with van der Waals surface area (Å²) in [6.45, 7) is 4.93. The lowest BCUT2D eigenvalue weighted by atomic mass is 10.2. The van der Waals surface area contributed by atoms with Crippen LogP contribution in [0, 0.1) is 0 Å². The number of hydrogen-bond donors (Lipinski definition) is 1. The monoisotopic (exact) mass is 328 g/mol. The highest BCUT2D eigenvalue weighted by Crippen LogP contribution is 2.26. The van der Waals surface area contributed by atoms with Crippen LogP contribution < -0.4 is 10.2 Å². The Labute approximate surface area is 142 Å². The van der Waals surface area contributed by atoms with E-state index in [4.69, 9.17) is 4.52 Å². The van der Waals surface area contributed by atoms with Gasteiger partial charge in [0.15, 0.2) is 5.82 Å². The molecule has 1 N–H and O–H groups in total. The second-order valence-corrected chi connectivity index (χ2v) is 6.22. The summed E-state index contributed by atoms with van der Waals surface area (Å²) in [5.74, 6) is 1.54. The van der Waals surface area contributed by atoms with Crippen LogP contribution in [0.15, 0.2) is 28.8 Å². The van der Waals surface area contributed by atoms with E-state index in [1.54, 1.807) is 0 Å². The van der Waals surface area contributed by atoms with E-state index in [-0.39, 0.29) is 11.9 Å². The first kappa shape index (κ1) is 16.5. The molecular weight excluding hydrogens is 304 g/mol. The summed E-state index contributed by atoms with van der Waals surface area (Å²) >= 11 is 0. The van der Waals surface area contributed by atoms with Crippen LogP contribution in [0.4, 0.5) is 11.4 Å². The van der Waals surface area contributed by atoms with Crippen LogP contribution in [0.3, 0.4) is 0 Å². The van der Waals surface area contributed by atoms with Crippen molar-refractivity contribution in [1.82, 2.24) is 10.1 Å². The van der Waals surface area contributed by atoms with Crippen molar-refractivity contribution < 1.29 is 9.32 Å². The second-order valence-electron chi connectivity index (χ2n) is 6.22. The molecule has 128 valence electrons. The minimum atomic E-state index is -0.0857. The fourth-order valence-electron chi connectivity index (χ4n) is 2.88. The van der Waals surface area contributed by atoms with Gasteiger partial charge in [-0.2, -0.15) is 4.98 Å². The van der Waals surface area contributed by atoms with Crippen molar-refractivity contribution in [1.29, 1.82) is 0 Å². The molecule has 1 aromatic carbocycles. The highest BCUT2D eigenvalue weighted by atomic mass is 16.5. The van der Waals surface area contributed by atoms with Crippen LogP contribution >= 0.6 is 0 Å². The van der Waals surface area contributed by atoms with Gasteiger partial charge in [-0.1, -0.05) is 24.6 Å². The lowest BCUT2D eigenvalue weighted by molar-refractivity contribution is -0.117. The molecule has 0 saturated carbocycles.